The first-order chi connectivity index (χ1) is 10.2. The van der Waals surface area contributed by atoms with Gasteiger partial charge >= 0.3 is 0 Å². The number of hydrogen-bond donors (Lipinski definition) is 0. The Kier molecular flexibility index (Phi) is 3.74. The maximum atomic E-state index is 4.87. The van der Waals surface area contributed by atoms with Gasteiger partial charge in [-0.1, -0.05) is 48.7 Å². The van der Waals surface area contributed by atoms with Crippen LogP contribution < -0.4 is 0 Å². The molecule has 2 aromatic carbocycles. The predicted molar refractivity (Wildman–Crippen MR) is 90.6 cm³/mol. The summed E-state index contributed by atoms with van der Waals surface area (Å²) < 4.78 is 0. The first-order valence-corrected chi connectivity index (χ1v) is 7.64. The maximum absolute atomic E-state index is 4.87. The zero-order valence-corrected chi connectivity index (χ0v) is 13.0. The van der Waals surface area contributed by atoms with Crippen LogP contribution in [0.1, 0.15) is 30.0 Å². The first kappa shape index (κ1) is 13.8. The molecule has 0 N–H and O–H groups in total. The molecule has 0 saturated carbocycles. The molecule has 0 fully saturated rings. The molecular weight excluding hydrogens is 254 g/mol. The van der Waals surface area contributed by atoms with Gasteiger partial charge in [-0.2, -0.15) is 0 Å². The summed E-state index contributed by atoms with van der Waals surface area (Å²) >= 11 is 0. The Balaban J connectivity index is 2.13. The molecule has 0 aliphatic carbocycles. The molecule has 1 nitrogen and oxygen atoms in total. The maximum Gasteiger partial charge on any atom is 0.0712 e. The molecule has 3 aromatic rings. The molecule has 0 atom stereocenters. The molecule has 3 rings (SSSR count). The van der Waals surface area contributed by atoms with Crippen LogP contribution in [-0.2, 0) is 6.42 Å². The summed E-state index contributed by atoms with van der Waals surface area (Å²) in [5.74, 6) is 0. The minimum absolute atomic E-state index is 1.06. The summed E-state index contributed by atoms with van der Waals surface area (Å²) in [5, 5.41) is 1.28. The van der Waals surface area contributed by atoms with E-state index in [9.17, 15) is 0 Å². The summed E-state index contributed by atoms with van der Waals surface area (Å²) in [6.45, 7) is 6.49. The van der Waals surface area contributed by atoms with E-state index in [0.717, 1.165) is 24.1 Å². The second kappa shape index (κ2) is 5.69. The largest absolute Gasteiger partial charge is 0.248 e. The highest BCUT2D eigenvalue weighted by atomic mass is 14.7. The standard InChI is InChI=1S/C20H21N/c1-4-6-16-7-5-8-20-18(16)9-10-19(21-20)17-12-14(2)11-15(3)13-17/h5,7-13H,4,6H2,1-3H3. The van der Waals surface area contributed by atoms with Crippen LogP contribution in [0.25, 0.3) is 22.2 Å². The molecular formula is C20H21N. The first-order valence-electron chi connectivity index (χ1n) is 7.64. The lowest BCUT2D eigenvalue weighted by Crippen LogP contribution is -1.91. The number of pyridine rings is 1. The molecule has 106 valence electrons. The number of rotatable bonds is 3. The molecule has 1 heterocycles. The van der Waals surface area contributed by atoms with Gasteiger partial charge in [0.1, 0.15) is 0 Å². The van der Waals surface area contributed by atoms with Crippen molar-refractivity contribution < 1.29 is 0 Å². The van der Waals surface area contributed by atoms with Crippen molar-refractivity contribution in [3.05, 3.63) is 65.2 Å². The third kappa shape index (κ3) is 2.82. The number of aryl methyl sites for hydroxylation is 3. The molecule has 0 amide bonds. The number of nitrogens with zero attached hydrogens (tertiary/aromatic N) is 1. The Morgan fingerprint density at radius 2 is 1.67 bits per heavy atom. The van der Waals surface area contributed by atoms with Gasteiger partial charge in [0.2, 0.25) is 0 Å². The van der Waals surface area contributed by atoms with Gasteiger partial charge in [0.15, 0.2) is 0 Å². The Bertz CT molecular complexity index is 767. The summed E-state index contributed by atoms with van der Waals surface area (Å²) in [7, 11) is 0. The van der Waals surface area contributed by atoms with Crippen LogP contribution >= 0.6 is 0 Å². The Morgan fingerprint density at radius 3 is 2.38 bits per heavy atom. The molecule has 0 aliphatic heterocycles. The second-order valence-electron chi connectivity index (χ2n) is 5.81. The zero-order valence-electron chi connectivity index (χ0n) is 13.0. The van der Waals surface area contributed by atoms with Crippen molar-refractivity contribution in [2.24, 2.45) is 0 Å². The van der Waals surface area contributed by atoms with Crippen molar-refractivity contribution >= 4 is 10.9 Å². The number of hydrogen-bond acceptors (Lipinski definition) is 1. The highest BCUT2D eigenvalue weighted by Crippen LogP contribution is 2.25. The fourth-order valence-electron chi connectivity index (χ4n) is 2.99. The molecule has 1 aromatic heterocycles. The number of fused-ring (bicyclic) bond motifs is 1. The summed E-state index contributed by atoms with van der Waals surface area (Å²) in [4.78, 5) is 4.87. The van der Waals surface area contributed by atoms with E-state index in [1.807, 2.05) is 0 Å². The minimum atomic E-state index is 1.06. The van der Waals surface area contributed by atoms with Gasteiger partial charge in [-0.05, 0) is 50.1 Å². The van der Waals surface area contributed by atoms with Crippen LogP contribution in [0.4, 0.5) is 0 Å². The number of benzene rings is 2. The van der Waals surface area contributed by atoms with E-state index >= 15 is 0 Å². The molecule has 1 heteroatoms. The average molecular weight is 275 g/mol. The number of aromatic nitrogens is 1. The van der Waals surface area contributed by atoms with E-state index in [2.05, 4.69) is 69.3 Å². The van der Waals surface area contributed by atoms with E-state index in [4.69, 9.17) is 4.98 Å². The normalized spacial score (nSPS) is 11.0. The molecule has 0 unspecified atom stereocenters. The summed E-state index contributed by atoms with van der Waals surface area (Å²) in [5.41, 5.74) is 7.32. The van der Waals surface area contributed by atoms with Crippen LogP contribution in [0, 0.1) is 13.8 Å². The minimum Gasteiger partial charge on any atom is -0.248 e. The predicted octanol–water partition coefficient (Wildman–Crippen LogP) is 5.47. The van der Waals surface area contributed by atoms with Crippen molar-refractivity contribution in [1.29, 1.82) is 0 Å². The van der Waals surface area contributed by atoms with Crippen molar-refractivity contribution in [3.63, 3.8) is 0 Å². The molecule has 0 radical (unpaired) electrons. The van der Waals surface area contributed by atoms with Gasteiger partial charge in [0, 0.05) is 10.9 Å². The van der Waals surface area contributed by atoms with Gasteiger partial charge in [-0.3, -0.25) is 0 Å². The third-order valence-electron chi connectivity index (χ3n) is 3.86. The highest BCUT2D eigenvalue weighted by Gasteiger charge is 2.05. The van der Waals surface area contributed by atoms with Crippen molar-refractivity contribution in [2.45, 2.75) is 33.6 Å². The average Bonchev–Trinajstić information content (AvgIpc) is 2.46. The lowest BCUT2D eigenvalue weighted by Gasteiger charge is -2.08. The Hall–Kier alpha value is -2.15. The monoisotopic (exact) mass is 275 g/mol. The van der Waals surface area contributed by atoms with Crippen LogP contribution in [0.3, 0.4) is 0 Å². The van der Waals surface area contributed by atoms with Gasteiger partial charge in [0.25, 0.3) is 0 Å². The van der Waals surface area contributed by atoms with Crippen LogP contribution in [-0.4, -0.2) is 4.98 Å². The van der Waals surface area contributed by atoms with Crippen LogP contribution in [0.2, 0.25) is 0 Å². The van der Waals surface area contributed by atoms with Gasteiger partial charge in [0.05, 0.1) is 11.2 Å². The highest BCUT2D eigenvalue weighted by molar-refractivity contribution is 5.84. The third-order valence-corrected chi connectivity index (χ3v) is 3.86. The summed E-state index contributed by atoms with van der Waals surface area (Å²) in [6.07, 6.45) is 2.28. The smallest absolute Gasteiger partial charge is 0.0712 e. The van der Waals surface area contributed by atoms with E-state index < -0.39 is 0 Å². The van der Waals surface area contributed by atoms with Crippen LogP contribution in [0.15, 0.2) is 48.5 Å². The molecule has 21 heavy (non-hydrogen) atoms. The zero-order chi connectivity index (χ0) is 14.8. The van der Waals surface area contributed by atoms with Crippen molar-refractivity contribution in [3.8, 4) is 11.3 Å². The van der Waals surface area contributed by atoms with Crippen LogP contribution in [0.5, 0.6) is 0 Å². The Morgan fingerprint density at radius 1 is 0.905 bits per heavy atom. The molecule has 0 aliphatic rings. The lowest BCUT2D eigenvalue weighted by atomic mass is 10.0. The van der Waals surface area contributed by atoms with Crippen molar-refractivity contribution in [1.82, 2.24) is 4.98 Å². The SMILES string of the molecule is CCCc1cccc2nc(-c3cc(C)cc(C)c3)ccc12. The van der Waals surface area contributed by atoms with E-state index in [0.29, 0.717) is 0 Å². The van der Waals surface area contributed by atoms with Crippen molar-refractivity contribution in [2.75, 3.05) is 0 Å². The van der Waals surface area contributed by atoms with Gasteiger partial charge in [-0.25, -0.2) is 4.98 Å². The quantitative estimate of drug-likeness (QED) is 0.617. The molecule has 0 bridgehead atoms. The van der Waals surface area contributed by atoms with Gasteiger partial charge in [-0.15, -0.1) is 0 Å². The van der Waals surface area contributed by atoms with E-state index in [1.165, 1.54) is 27.6 Å². The fourth-order valence-corrected chi connectivity index (χ4v) is 2.99. The molecule has 0 saturated heterocycles. The Labute approximate surface area is 126 Å². The molecule has 0 spiro atoms. The van der Waals surface area contributed by atoms with Gasteiger partial charge < -0.3 is 0 Å². The topological polar surface area (TPSA) is 12.9 Å². The lowest BCUT2D eigenvalue weighted by molar-refractivity contribution is 0.929. The fraction of sp³-hybridized carbons (Fsp3) is 0.250. The second-order valence-corrected chi connectivity index (χ2v) is 5.81. The van der Waals surface area contributed by atoms with E-state index in [1.54, 1.807) is 0 Å². The van der Waals surface area contributed by atoms with E-state index in [-0.39, 0.29) is 0 Å². The summed E-state index contributed by atoms with van der Waals surface area (Å²) in [6, 6.07) is 17.4.